The average Bonchev–Trinajstić information content (AvgIpc) is 3.08. The molecule has 0 aliphatic carbocycles. The van der Waals surface area contributed by atoms with Crippen LogP contribution in [0.1, 0.15) is 23.9 Å². The SMILES string of the molecule is CCn1cc(C#N)c(=O)n(Cc2nc(-c3ccc(C)cc3)no2)c1=O. The second-order valence-electron chi connectivity index (χ2n) is 5.49. The molecule has 0 saturated carbocycles. The van der Waals surface area contributed by atoms with Gasteiger partial charge in [0, 0.05) is 18.3 Å². The van der Waals surface area contributed by atoms with Gasteiger partial charge in [-0.2, -0.15) is 10.2 Å². The standard InChI is InChI=1S/C17H15N5O3/c1-3-21-9-13(8-18)16(23)22(17(21)24)10-14-19-15(20-25-14)12-6-4-11(2)5-7-12/h4-7,9H,3,10H2,1-2H3. The summed E-state index contributed by atoms with van der Waals surface area (Å²) in [6.07, 6.45) is 1.26. The molecule has 8 heteroatoms. The van der Waals surface area contributed by atoms with Crippen LogP contribution < -0.4 is 11.2 Å². The van der Waals surface area contributed by atoms with Crippen LogP contribution in [0.3, 0.4) is 0 Å². The molecule has 8 nitrogen and oxygen atoms in total. The molecule has 0 radical (unpaired) electrons. The van der Waals surface area contributed by atoms with E-state index in [0.29, 0.717) is 12.4 Å². The highest BCUT2D eigenvalue weighted by atomic mass is 16.5. The van der Waals surface area contributed by atoms with Crippen molar-refractivity contribution < 1.29 is 4.52 Å². The van der Waals surface area contributed by atoms with Crippen LogP contribution in [0.25, 0.3) is 11.4 Å². The highest BCUT2D eigenvalue weighted by Gasteiger charge is 2.15. The van der Waals surface area contributed by atoms with Crippen molar-refractivity contribution in [3.63, 3.8) is 0 Å². The maximum absolute atomic E-state index is 12.3. The van der Waals surface area contributed by atoms with Gasteiger partial charge in [-0.05, 0) is 13.8 Å². The van der Waals surface area contributed by atoms with E-state index in [4.69, 9.17) is 9.78 Å². The molecule has 3 rings (SSSR count). The fourth-order valence-corrected chi connectivity index (χ4v) is 2.37. The fraction of sp³-hybridized carbons (Fsp3) is 0.235. The summed E-state index contributed by atoms with van der Waals surface area (Å²) in [5.41, 5.74) is 0.561. The number of rotatable bonds is 4. The molecule has 0 aliphatic heterocycles. The lowest BCUT2D eigenvalue weighted by Crippen LogP contribution is -2.41. The Labute approximate surface area is 142 Å². The van der Waals surface area contributed by atoms with Crippen LogP contribution in [0.4, 0.5) is 0 Å². The zero-order valence-corrected chi connectivity index (χ0v) is 13.8. The molecule has 2 heterocycles. The topological polar surface area (TPSA) is 107 Å². The predicted molar refractivity (Wildman–Crippen MR) is 88.9 cm³/mol. The van der Waals surface area contributed by atoms with Gasteiger partial charge in [-0.1, -0.05) is 35.0 Å². The van der Waals surface area contributed by atoms with E-state index >= 15 is 0 Å². The van der Waals surface area contributed by atoms with E-state index in [0.717, 1.165) is 15.7 Å². The lowest BCUT2D eigenvalue weighted by atomic mass is 10.1. The molecule has 3 aromatic rings. The number of hydrogen-bond donors (Lipinski definition) is 0. The minimum absolute atomic E-state index is 0.111. The predicted octanol–water partition coefficient (Wildman–Crippen LogP) is 1.31. The number of hydrogen-bond acceptors (Lipinski definition) is 6. The van der Waals surface area contributed by atoms with Crippen molar-refractivity contribution in [3.05, 3.63) is 68.3 Å². The minimum Gasteiger partial charge on any atom is -0.337 e. The van der Waals surface area contributed by atoms with Crippen molar-refractivity contribution in [3.8, 4) is 17.5 Å². The summed E-state index contributed by atoms with van der Waals surface area (Å²) in [4.78, 5) is 28.8. The van der Waals surface area contributed by atoms with E-state index in [1.165, 1.54) is 10.8 Å². The highest BCUT2D eigenvalue weighted by molar-refractivity contribution is 5.54. The van der Waals surface area contributed by atoms with Gasteiger partial charge in [-0.15, -0.1) is 0 Å². The number of nitrogens with zero attached hydrogens (tertiary/aromatic N) is 5. The van der Waals surface area contributed by atoms with E-state index in [1.807, 2.05) is 31.2 Å². The summed E-state index contributed by atoms with van der Waals surface area (Å²) < 4.78 is 7.37. The largest absolute Gasteiger partial charge is 0.337 e. The smallest absolute Gasteiger partial charge is 0.331 e. The monoisotopic (exact) mass is 337 g/mol. The third-order valence-corrected chi connectivity index (χ3v) is 3.77. The van der Waals surface area contributed by atoms with Gasteiger partial charge in [0.25, 0.3) is 5.56 Å². The van der Waals surface area contributed by atoms with Gasteiger partial charge in [-0.25, -0.2) is 9.36 Å². The average molecular weight is 337 g/mol. The molecule has 0 aliphatic rings. The van der Waals surface area contributed by atoms with Crippen molar-refractivity contribution in [2.75, 3.05) is 0 Å². The van der Waals surface area contributed by atoms with Crippen LogP contribution in [0.5, 0.6) is 0 Å². The van der Waals surface area contributed by atoms with Gasteiger partial charge in [0.05, 0.1) is 0 Å². The van der Waals surface area contributed by atoms with Gasteiger partial charge >= 0.3 is 5.69 Å². The quantitative estimate of drug-likeness (QED) is 0.710. The molecular formula is C17H15N5O3. The number of benzene rings is 1. The third kappa shape index (κ3) is 3.12. The first-order chi connectivity index (χ1) is 12.0. The molecule has 0 spiro atoms. The molecule has 0 bridgehead atoms. The second kappa shape index (κ2) is 6.57. The molecule has 1 aromatic carbocycles. The van der Waals surface area contributed by atoms with Crippen molar-refractivity contribution in [1.82, 2.24) is 19.3 Å². The Morgan fingerprint density at radius 1 is 1.24 bits per heavy atom. The summed E-state index contributed by atoms with van der Waals surface area (Å²) >= 11 is 0. The van der Waals surface area contributed by atoms with Crippen LogP contribution in [0.2, 0.25) is 0 Å². The Kier molecular flexibility index (Phi) is 4.31. The molecule has 2 aromatic heterocycles. The van der Waals surface area contributed by atoms with Crippen LogP contribution >= 0.6 is 0 Å². The van der Waals surface area contributed by atoms with Gasteiger partial charge in [0.15, 0.2) is 0 Å². The first kappa shape index (κ1) is 16.4. The first-order valence-electron chi connectivity index (χ1n) is 7.67. The normalized spacial score (nSPS) is 10.6. The highest BCUT2D eigenvalue weighted by Crippen LogP contribution is 2.16. The molecule has 126 valence electrons. The van der Waals surface area contributed by atoms with Gasteiger partial charge < -0.3 is 4.52 Å². The minimum atomic E-state index is -0.674. The number of aryl methyl sites for hydroxylation is 2. The Morgan fingerprint density at radius 3 is 2.60 bits per heavy atom. The molecule has 0 N–H and O–H groups in total. The van der Waals surface area contributed by atoms with E-state index in [9.17, 15) is 9.59 Å². The van der Waals surface area contributed by atoms with Crippen molar-refractivity contribution in [2.45, 2.75) is 26.9 Å². The molecule has 25 heavy (non-hydrogen) atoms. The van der Waals surface area contributed by atoms with E-state index in [1.54, 1.807) is 13.0 Å². The summed E-state index contributed by atoms with van der Waals surface area (Å²) in [5.74, 6) is 0.489. The van der Waals surface area contributed by atoms with E-state index in [-0.39, 0.29) is 18.0 Å². The summed E-state index contributed by atoms with van der Waals surface area (Å²) in [5, 5.41) is 12.9. The fourth-order valence-electron chi connectivity index (χ4n) is 2.37. The molecule has 0 unspecified atom stereocenters. The molecule has 0 saturated heterocycles. The maximum Gasteiger partial charge on any atom is 0.331 e. The number of aromatic nitrogens is 4. The Balaban J connectivity index is 1.99. The number of nitriles is 1. The first-order valence-corrected chi connectivity index (χ1v) is 7.67. The second-order valence-corrected chi connectivity index (χ2v) is 5.49. The van der Waals surface area contributed by atoms with Gasteiger partial charge in [0.1, 0.15) is 18.2 Å². The van der Waals surface area contributed by atoms with Gasteiger partial charge in [-0.3, -0.25) is 9.36 Å². The Bertz CT molecular complexity index is 1070. The molecule has 0 amide bonds. The summed E-state index contributed by atoms with van der Waals surface area (Å²) in [6, 6.07) is 9.36. The van der Waals surface area contributed by atoms with Gasteiger partial charge in [0.2, 0.25) is 11.7 Å². The van der Waals surface area contributed by atoms with E-state index < -0.39 is 11.2 Å². The van der Waals surface area contributed by atoms with Crippen LogP contribution in [0, 0.1) is 18.3 Å². The summed E-state index contributed by atoms with van der Waals surface area (Å²) in [6.45, 7) is 3.87. The van der Waals surface area contributed by atoms with E-state index in [2.05, 4.69) is 10.1 Å². The van der Waals surface area contributed by atoms with Crippen molar-refractivity contribution >= 4 is 0 Å². The zero-order chi connectivity index (χ0) is 18.0. The molecule has 0 fully saturated rings. The van der Waals surface area contributed by atoms with Crippen molar-refractivity contribution in [1.29, 1.82) is 5.26 Å². The Hall–Kier alpha value is -3.47. The van der Waals surface area contributed by atoms with Crippen LogP contribution in [-0.4, -0.2) is 19.3 Å². The lowest BCUT2D eigenvalue weighted by Gasteiger charge is -2.07. The van der Waals surface area contributed by atoms with Crippen molar-refractivity contribution in [2.24, 2.45) is 0 Å². The zero-order valence-electron chi connectivity index (χ0n) is 13.8. The third-order valence-electron chi connectivity index (χ3n) is 3.77. The summed E-state index contributed by atoms with van der Waals surface area (Å²) in [7, 11) is 0. The maximum atomic E-state index is 12.3. The lowest BCUT2D eigenvalue weighted by molar-refractivity contribution is 0.365. The molecular weight excluding hydrogens is 322 g/mol. The van der Waals surface area contributed by atoms with Crippen LogP contribution in [0.15, 0.2) is 44.6 Å². The molecule has 0 atom stereocenters. The van der Waals surface area contributed by atoms with Crippen LogP contribution in [-0.2, 0) is 13.1 Å². The Morgan fingerprint density at radius 2 is 1.96 bits per heavy atom.